The van der Waals surface area contributed by atoms with Crippen molar-refractivity contribution in [1.82, 2.24) is 0 Å². The molecule has 0 heterocycles. The third-order valence-electron chi connectivity index (χ3n) is 4.17. The molecule has 3 rings (SSSR count). The molecule has 0 amide bonds. The van der Waals surface area contributed by atoms with Crippen molar-refractivity contribution >= 4 is 34.8 Å². The number of Topliss-reactive ketones (excluding diaryl/α,β-unsaturated/α-hetero) is 2. The fraction of sp³-hybridized carbons (Fsp3) is 0.222. The van der Waals surface area contributed by atoms with Crippen LogP contribution in [0.25, 0.3) is 0 Å². The molecule has 0 unspecified atom stereocenters. The van der Waals surface area contributed by atoms with Crippen LogP contribution < -0.4 is 0 Å². The summed E-state index contributed by atoms with van der Waals surface area (Å²) in [5, 5.41) is 1.09. The summed E-state index contributed by atoms with van der Waals surface area (Å²) < 4.78 is 0. The van der Waals surface area contributed by atoms with E-state index in [4.69, 9.17) is 23.2 Å². The van der Waals surface area contributed by atoms with Gasteiger partial charge >= 0.3 is 0 Å². The first-order valence-corrected chi connectivity index (χ1v) is 7.82. The summed E-state index contributed by atoms with van der Waals surface area (Å²) in [7, 11) is 0. The van der Waals surface area contributed by atoms with Crippen molar-refractivity contribution in [2.45, 2.75) is 24.7 Å². The molecular formula is C18H14Cl2O2. The highest BCUT2D eigenvalue weighted by Crippen LogP contribution is 2.47. The number of hydrogen-bond acceptors (Lipinski definition) is 2. The third-order valence-corrected chi connectivity index (χ3v) is 4.83. The Morgan fingerprint density at radius 2 is 1.14 bits per heavy atom. The molecule has 0 aromatic heterocycles. The Bertz CT molecular complexity index is 689. The molecule has 0 N–H and O–H groups in total. The summed E-state index contributed by atoms with van der Waals surface area (Å²) in [6.07, 6.45) is 0.481. The van der Waals surface area contributed by atoms with Crippen molar-refractivity contribution in [2.24, 2.45) is 0 Å². The average Bonchev–Trinajstić information content (AvgIpc) is 2.47. The first-order valence-electron chi connectivity index (χ1n) is 7.06. The first-order chi connectivity index (χ1) is 10.5. The van der Waals surface area contributed by atoms with E-state index in [0.29, 0.717) is 10.0 Å². The number of rotatable bonds is 2. The number of carbonyl (C=O) groups is 2. The standard InChI is InChI=1S/C18H14Cl2O2/c19-16-7-3-1-5-14(16)18(10-12(21)9-13(22)11-18)15-6-2-4-8-17(15)20/h1-8H,9-11H2. The molecule has 0 saturated heterocycles. The maximum absolute atomic E-state index is 12.2. The Labute approximate surface area is 139 Å². The minimum absolute atomic E-state index is 0.00332. The zero-order chi connectivity index (χ0) is 15.7. The molecule has 0 aliphatic heterocycles. The molecule has 1 aliphatic rings. The molecule has 2 aromatic carbocycles. The fourth-order valence-corrected chi connectivity index (χ4v) is 3.94. The van der Waals surface area contributed by atoms with Crippen LogP contribution in [0.4, 0.5) is 0 Å². The number of halogens is 2. The zero-order valence-corrected chi connectivity index (χ0v) is 13.3. The highest BCUT2D eigenvalue weighted by Gasteiger charge is 2.44. The maximum atomic E-state index is 12.2. The summed E-state index contributed by atoms with van der Waals surface area (Å²) >= 11 is 12.8. The Kier molecular flexibility index (Phi) is 4.07. The van der Waals surface area contributed by atoms with Crippen molar-refractivity contribution < 1.29 is 9.59 Å². The molecule has 2 aromatic rings. The lowest BCUT2D eigenvalue weighted by Crippen LogP contribution is -2.39. The van der Waals surface area contributed by atoms with Crippen LogP contribution >= 0.6 is 23.2 Å². The van der Waals surface area contributed by atoms with Gasteiger partial charge in [0.1, 0.15) is 11.6 Å². The molecule has 22 heavy (non-hydrogen) atoms. The van der Waals surface area contributed by atoms with E-state index in [0.717, 1.165) is 11.1 Å². The Morgan fingerprint density at radius 3 is 1.55 bits per heavy atom. The van der Waals surface area contributed by atoms with Crippen LogP contribution in [0.5, 0.6) is 0 Å². The Hall–Kier alpha value is -1.64. The van der Waals surface area contributed by atoms with Crippen molar-refractivity contribution in [1.29, 1.82) is 0 Å². The quantitative estimate of drug-likeness (QED) is 0.753. The molecular weight excluding hydrogens is 319 g/mol. The Balaban J connectivity index is 2.28. The van der Waals surface area contributed by atoms with E-state index < -0.39 is 5.41 Å². The van der Waals surface area contributed by atoms with Gasteiger partial charge in [-0.3, -0.25) is 9.59 Å². The molecule has 4 heteroatoms. The second-order valence-electron chi connectivity index (χ2n) is 5.65. The van der Waals surface area contributed by atoms with E-state index in [1.807, 2.05) is 36.4 Å². The SMILES string of the molecule is O=C1CC(=O)CC(c2ccccc2Cl)(c2ccccc2Cl)C1. The summed E-state index contributed by atoms with van der Waals surface area (Å²) in [4.78, 5) is 24.3. The number of ketones is 2. The highest BCUT2D eigenvalue weighted by molar-refractivity contribution is 6.32. The van der Waals surface area contributed by atoms with Gasteiger partial charge in [-0.2, -0.15) is 0 Å². The highest BCUT2D eigenvalue weighted by atomic mass is 35.5. The van der Waals surface area contributed by atoms with Gasteiger partial charge in [-0.1, -0.05) is 59.6 Å². The van der Waals surface area contributed by atoms with Crippen LogP contribution in [0.2, 0.25) is 10.0 Å². The molecule has 0 radical (unpaired) electrons. The molecule has 112 valence electrons. The lowest BCUT2D eigenvalue weighted by atomic mass is 9.64. The zero-order valence-electron chi connectivity index (χ0n) is 11.8. The van der Waals surface area contributed by atoms with Crippen molar-refractivity contribution in [3.05, 3.63) is 69.7 Å². The van der Waals surface area contributed by atoms with E-state index in [2.05, 4.69) is 0 Å². The van der Waals surface area contributed by atoms with Crippen LogP contribution in [-0.4, -0.2) is 11.6 Å². The Morgan fingerprint density at radius 1 is 0.727 bits per heavy atom. The molecule has 0 bridgehead atoms. The molecule has 0 atom stereocenters. The van der Waals surface area contributed by atoms with Crippen molar-refractivity contribution in [3.8, 4) is 0 Å². The van der Waals surface area contributed by atoms with Gasteiger partial charge < -0.3 is 0 Å². The maximum Gasteiger partial charge on any atom is 0.141 e. The third kappa shape index (κ3) is 2.57. The first kappa shape index (κ1) is 15.3. The van der Waals surface area contributed by atoms with Crippen LogP contribution in [0, 0.1) is 0 Å². The largest absolute Gasteiger partial charge is 0.299 e. The number of carbonyl (C=O) groups excluding carboxylic acids is 2. The van der Waals surface area contributed by atoms with Crippen molar-refractivity contribution in [3.63, 3.8) is 0 Å². The average molecular weight is 333 g/mol. The second-order valence-corrected chi connectivity index (χ2v) is 6.46. The minimum Gasteiger partial charge on any atom is -0.299 e. The lowest BCUT2D eigenvalue weighted by Gasteiger charge is -2.38. The molecule has 1 aliphatic carbocycles. The summed E-state index contributed by atoms with van der Waals surface area (Å²) in [5.74, 6) is -0.146. The minimum atomic E-state index is -0.775. The lowest BCUT2D eigenvalue weighted by molar-refractivity contribution is -0.131. The topological polar surface area (TPSA) is 34.1 Å². The van der Waals surface area contributed by atoms with Gasteiger partial charge in [-0.05, 0) is 23.3 Å². The normalized spacial score (nSPS) is 17.5. The van der Waals surface area contributed by atoms with E-state index in [-0.39, 0.29) is 30.8 Å². The van der Waals surface area contributed by atoms with E-state index >= 15 is 0 Å². The second kappa shape index (κ2) is 5.86. The predicted octanol–water partition coefficient (Wildman–Crippen LogP) is 4.60. The fourth-order valence-electron chi connectivity index (χ4n) is 3.31. The van der Waals surface area contributed by atoms with Crippen LogP contribution in [0.3, 0.4) is 0 Å². The molecule has 2 nitrogen and oxygen atoms in total. The van der Waals surface area contributed by atoms with Crippen LogP contribution in [0.1, 0.15) is 30.4 Å². The van der Waals surface area contributed by atoms with Gasteiger partial charge in [0.05, 0.1) is 6.42 Å². The van der Waals surface area contributed by atoms with Crippen LogP contribution in [0.15, 0.2) is 48.5 Å². The molecule has 1 saturated carbocycles. The van der Waals surface area contributed by atoms with E-state index in [1.54, 1.807) is 12.1 Å². The van der Waals surface area contributed by atoms with Gasteiger partial charge in [-0.15, -0.1) is 0 Å². The summed E-state index contributed by atoms with van der Waals surface area (Å²) in [5.41, 5.74) is 0.792. The smallest absolute Gasteiger partial charge is 0.141 e. The summed E-state index contributed by atoms with van der Waals surface area (Å²) in [6, 6.07) is 14.7. The van der Waals surface area contributed by atoms with Crippen LogP contribution in [-0.2, 0) is 15.0 Å². The van der Waals surface area contributed by atoms with Gasteiger partial charge in [0.25, 0.3) is 0 Å². The van der Waals surface area contributed by atoms with Gasteiger partial charge in [-0.25, -0.2) is 0 Å². The molecule has 0 spiro atoms. The van der Waals surface area contributed by atoms with E-state index in [1.165, 1.54) is 0 Å². The number of hydrogen-bond donors (Lipinski definition) is 0. The number of benzene rings is 2. The molecule has 1 fully saturated rings. The van der Waals surface area contributed by atoms with Gasteiger partial charge in [0.15, 0.2) is 0 Å². The van der Waals surface area contributed by atoms with Gasteiger partial charge in [0, 0.05) is 28.3 Å². The van der Waals surface area contributed by atoms with E-state index in [9.17, 15) is 9.59 Å². The van der Waals surface area contributed by atoms with Crippen molar-refractivity contribution in [2.75, 3.05) is 0 Å². The van der Waals surface area contributed by atoms with Gasteiger partial charge in [0.2, 0.25) is 0 Å². The predicted molar refractivity (Wildman–Crippen MR) is 87.5 cm³/mol. The monoisotopic (exact) mass is 332 g/mol. The summed E-state index contributed by atoms with van der Waals surface area (Å²) in [6.45, 7) is 0.